The van der Waals surface area contributed by atoms with Crippen LogP contribution in [0.5, 0.6) is 17.2 Å². The van der Waals surface area contributed by atoms with Gasteiger partial charge in [0.15, 0.2) is 0 Å². The molecule has 4 aliphatic rings. The maximum Gasteiger partial charge on any atom is 0.424 e. The van der Waals surface area contributed by atoms with Gasteiger partial charge in [0.1, 0.15) is 42.8 Å². The normalized spacial score (nSPS) is 23.4. The number of aliphatic hydroxyl groups is 1. The summed E-state index contributed by atoms with van der Waals surface area (Å²) in [6.07, 6.45) is -2.39. The third kappa shape index (κ3) is 9.16. The van der Waals surface area contributed by atoms with E-state index < -0.39 is 52.5 Å². The van der Waals surface area contributed by atoms with E-state index in [9.17, 15) is 32.7 Å². The average molecular weight is 895 g/mol. The van der Waals surface area contributed by atoms with Gasteiger partial charge in [0, 0.05) is 35.7 Å². The van der Waals surface area contributed by atoms with Crippen LogP contribution in [0.4, 0.5) is 9.59 Å². The van der Waals surface area contributed by atoms with Gasteiger partial charge in [-0.25, -0.2) is 14.4 Å². The maximum absolute atomic E-state index is 13.9. The summed E-state index contributed by atoms with van der Waals surface area (Å²) in [5, 5.41) is 10.2. The molecule has 62 heavy (non-hydrogen) atoms. The summed E-state index contributed by atoms with van der Waals surface area (Å²) in [6, 6.07) is 19.7. The van der Waals surface area contributed by atoms with Gasteiger partial charge >= 0.3 is 28.4 Å². The first-order chi connectivity index (χ1) is 29.7. The lowest BCUT2D eigenvalue weighted by Gasteiger charge is -2.46. The van der Waals surface area contributed by atoms with Crippen LogP contribution >= 0.6 is 11.8 Å². The molecule has 17 nitrogen and oxygen atoms in total. The molecule has 7 rings (SSSR count). The highest BCUT2D eigenvalue weighted by Crippen LogP contribution is 2.52. The predicted octanol–water partition coefficient (Wildman–Crippen LogP) is 4.54. The Morgan fingerprint density at radius 1 is 0.774 bits per heavy atom. The second-order valence-corrected chi connectivity index (χ2v) is 18.6. The quantitative estimate of drug-likeness (QED) is 0.127. The highest BCUT2D eigenvalue weighted by molar-refractivity contribution is 8.03. The minimum Gasteiger partial charge on any atom is -0.497 e. The standard InChI is InChI=1S/C43H50N4O13S2/c1-26-37-36(27(2)48)40(49)47(37)38(41(50)58-23-28-6-12-32(55-3)13-7-28)39(26)61-35-20-31(45(22-35)42(51)59-24-29-8-14-33(56-4)15-9-29)21-44-18-19-46(62(44,53)54)43(52)60-25-30-10-16-34(57-5)17-11-30/h6-17,26-27,31,35-37,48H,18-25H2,1-5H3/t26-,27-,31+,35+,36-,37-/m1/s1. The van der Waals surface area contributed by atoms with Crippen LogP contribution in [0.25, 0.3) is 0 Å². The zero-order valence-corrected chi connectivity index (χ0v) is 36.6. The molecule has 0 saturated carbocycles. The molecule has 0 unspecified atom stereocenters. The monoisotopic (exact) mass is 894 g/mol. The Labute approximate surface area is 364 Å². The Hall–Kier alpha value is -5.50. The van der Waals surface area contributed by atoms with Crippen molar-refractivity contribution >= 4 is 46.0 Å². The van der Waals surface area contributed by atoms with E-state index in [1.54, 1.807) is 93.9 Å². The first kappa shape index (κ1) is 44.6. The third-order valence-electron chi connectivity index (χ3n) is 11.6. The predicted molar refractivity (Wildman–Crippen MR) is 225 cm³/mol. The molecule has 3 aromatic carbocycles. The number of methoxy groups -OCH3 is 3. The molecule has 0 bridgehead atoms. The van der Waals surface area contributed by atoms with E-state index in [4.69, 9.17) is 28.4 Å². The number of hydrogen-bond donors (Lipinski definition) is 1. The van der Waals surface area contributed by atoms with E-state index in [1.807, 2.05) is 6.92 Å². The number of amides is 3. The molecule has 6 atom stereocenters. The van der Waals surface area contributed by atoms with Crippen LogP contribution in [-0.4, -0.2) is 127 Å². The topological polar surface area (TPSA) is 191 Å². The van der Waals surface area contributed by atoms with Crippen molar-refractivity contribution in [2.75, 3.05) is 47.5 Å². The van der Waals surface area contributed by atoms with Crippen molar-refractivity contribution in [3.05, 3.63) is 100 Å². The summed E-state index contributed by atoms with van der Waals surface area (Å²) in [5.74, 6) is -0.291. The van der Waals surface area contributed by atoms with E-state index >= 15 is 0 Å². The number of carbonyl (C=O) groups excluding carboxylic acids is 4. The third-order valence-corrected chi connectivity index (χ3v) is 14.9. The Balaban J connectivity index is 1.10. The van der Waals surface area contributed by atoms with Crippen molar-refractivity contribution in [3.63, 3.8) is 0 Å². The van der Waals surface area contributed by atoms with Crippen LogP contribution in [0.2, 0.25) is 0 Å². The van der Waals surface area contributed by atoms with E-state index in [1.165, 1.54) is 28.7 Å². The number of hydrogen-bond acceptors (Lipinski definition) is 14. The van der Waals surface area contributed by atoms with Gasteiger partial charge in [-0.1, -0.05) is 43.3 Å². The van der Waals surface area contributed by atoms with Gasteiger partial charge in [-0.2, -0.15) is 17.0 Å². The number of rotatable bonds is 15. The molecule has 4 heterocycles. The number of ether oxygens (including phenoxy) is 6. The molecule has 3 fully saturated rings. The van der Waals surface area contributed by atoms with Gasteiger partial charge in [-0.3, -0.25) is 4.79 Å². The summed E-state index contributed by atoms with van der Waals surface area (Å²) in [5.41, 5.74) is 2.14. The highest BCUT2D eigenvalue weighted by Gasteiger charge is 2.60. The summed E-state index contributed by atoms with van der Waals surface area (Å²) in [6.45, 7) is 2.92. The van der Waals surface area contributed by atoms with Crippen LogP contribution in [0.15, 0.2) is 83.4 Å². The van der Waals surface area contributed by atoms with Crippen molar-refractivity contribution in [2.24, 2.45) is 11.8 Å². The average Bonchev–Trinajstić information content (AvgIpc) is 3.89. The zero-order valence-electron chi connectivity index (χ0n) is 35.0. The zero-order chi connectivity index (χ0) is 44.3. The lowest BCUT2D eigenvalue weighted by Crippen LogP contribution is -2.63. The number of aliphatic hydroxyl groups excluding tert-OH is 1. The number of nitrogens with zero attached hydrogens (tertiary/aromatic N) is 4. The minimum absolute atomic E-state index is 0.0329. The first-order valence-corrected chi connectivity index (χ1v) is 22.4. The Morgan fingerprint density at radius 2 is 1.27 bits per heavy atom. The molecule has 3 saturated heterocycles. The van der Waals surface area contributed by atoms with E-state index in [0.717, 1.165) is 4.31 Å². The van der Waals surface area contributed by atoms with Gasteiger partial charge in [-0.05, 0) is 66.4 Å². The number of thioether (sulfide) groups is 1. The maximum atomic E-state index is 13.9. The molecule has 3 aromatic rings. The molecule has 1 N–H and O–H groups in total. The summed E-state index contributed by atoms with van der Waals surface area (Å²) in [7, 11) is 0.285. The van der Waals surface area contributed by atoms with Crippen molar-refractivity contribution in [1.82, 2.24) is 18.4 Å². The molecule has 0 spiro atoms. The lowest BCUT2D eigenvalue weighted by atomic mass is 9.79. The van der Waals surface area contributed by atoms with Crippen molar-refractivity contribution in [3.8, 4) is 17.2 Å². The number of benzene rings is 3. The Kier molecular flexibility index (Phi) is 13.6. The molecule has 332 valence electrons. The summed E-state index contributed by atoms with van der Waals surface area (Å²) < 4.78 is 62.0. The fourth-order valence-corrected chi connectivity index (χ4v) is 11.3. The van der Waals surface area contributed by atoms with Gasteiger partial charge in [0.2, 0.25) is 5.91 Å². The largest absolute Gasteiger partial charge is 0.497 e. The van der Waals surface area contributed by atoms with Crippen LogP contribution in [0.3, 0.4) is 0 Å². The molecule has 0 aromatic heterocycles. The second kappa shape index (κ2) is 18.9. The minimum atomic E-state index is -4.34. The first-order valence-electron chi connectivity index (χ1n) is 20.1. The number of carbonyl (C=O) groups is 4. The molecule has 4 aliphatic heterocycles. The number of esters is 1. The molecule has 0 aliphatic carbocycles. The molecular formula is C43H50N4O13S2. The van der Waals surface area contributed by atoms with Gasteiger partial charge in [-0.15, -0.1) is 11.8 Å². The van der Waals surface area contributed by atoms with Crippen molar-refractivity contribution in [1.29, 1.82) is 0 Å². The van der Waals surface area contributed by atoms with Gasteiger partial charge < -0.3 is 43.3 Å². The van der Waals surface area contributed by atoms with Gasteiger partial charge in [0.25, 0.3) is 0 Å². The van der Waals surface area contributed by atoms with Crippen LogP contribution in [-0.2, 0) is 53.8 Å². The number of fused-ring (bicyclic) bond motifs is 1. The fourth-order valence-electron chi connectivity index (χ4n) is 8.21. The Morgan fingerprint density at radius 3 is 1.77 bits per heavy atom. The van der Waals surface area contributed by atoms with Crippen LogP contribution < -0.4 is 14.2 Å². The van der Waals surface area contributed by atoms with Crippen LogP contribution in [0, 0.1) is 11.8 Å². The lowest BCUT2D eigenvalue weighted by molar-refractivity contribution is -0.164. The highest BCUT2D eigenvalue weighted by atomic mass is 32.2. The van der Waals surface area contributed by atoms with Gasteiger partial charge in [0.05, 0.1) is 52.0 Å². The molecule has 0 radical (unpaired) electrons. The second-order valence-electron chi connectivity index (χ2n) is 15.4. The number of likely N-dealkylation sites (tertiary alicyclic amines) is 1. The fraction of sp³-hybridized carbons (Fsp3) is 0.442. The van der Waals surface area contributed by atoms with E-state index in [0.29, 0.717) is 43.1 Å². The van der Waals surface area contributed by atoms with E-state index in [-0.39, 0.29) is 75.2 Å². The van der Waals surface area contributed by atoms with Crippen molar-refractivity contribution in [2.45, 2.75) is 63.5 Å². The molecule has 3 amide bonds. The summed E-state index contributed by atoms with van der Waals surface area (Å²) in [4.78, 5) is 57.9. The SMILES string of the molecule is COc1ccc(COC(=O)C2=C(S[C@H]3C[C@@H](CN4CCN(C(=O)OCc5ccc(OC)cc5)S4(=O)=O)N(C(=O)OCc4ccc(OC)cc4)C3)[C@H](C)[C@@H]3[C@@H]([C@@H](C)O)C(=O)N23)cc1. The van der Waals surface area contributed by atoms with Crippen molar-refractivity contribution < 1.29 is 61.1 Å². The molecule has 19 heteroatoms. The Bertz CT molecular complexity index is 2270. The smallest absolute Gasteiger partial charge is 0.424 e. The number of β-lactam (4-membered cyclic amide) rings is 1. The van der Waals surface area contributed by atoms with Crippen LogP contribution in [0.1, 0.15) is 37.0 Å². The summed E-state index contributed by atoms with van der Waals surface area (Å²) >= 11 is 1.33. The van der Waals surface area contributed by atoms with E-state index in [2.05, 4.69) is 0 Å². The molecular weight excluding hydrogens is 845 g/mol.